The van der Waals surface area contributed by atoms with Crippen molar-refractivity contribution in [2.75, 3.05) is 0 Å². The van der Waals surface area contributed by atoms with Crippen LogP contribution in [0.25, 0.3) is 0 Å². The number of primary amides is 1. The fraction of sp³-hybridized carbons (Fsp3) is 0.133. The van der Waals surface area contributed by atoms with E-state index in [2.05, 4.69) is 5.32 Å². The first-order chi connectivity index (χ1) is 9.56. The molecule has 0 bridgehead atoms. The van der Waals surface area contributed by atoms with Gasteiger partial charge in [0.1, 0.15) is 5.82 Å². The number of nitrogens with one attached hydrogen (secondary N) is 1. The van der Waals surface area contributed by atoms with Gasteiger partial charge in [-0.15, -0.1) is 0 Å². The summed E-state index contributed by atoms with van der Waals surface area (Å²) in [6.45, 7) is 0.861. The van der Waals surface area contributed by atoms with Gasteiger partial charge in [0.2, 0.25) is 5.91 Å². The summed E-state index contributed by atoms with van der Waals surface area (Å²) < 4.78 is 13.6. The van der Waals surface area contributed by atoms with Gasteiger partial charge in [-0.05, 0) is 35.9 Å². The van der Waals surface area contributed by atoms with Crippen LogP contribution in [0.2, 0.25) is 5.02 Å². The van der Waals surface area contributed by atoms with Gasteiger partial charge in [-0.2, -0.15) is 0 Å². The predicted molar refractivity (Wildman–Crippen MR) is 76.9 cm³/mol. The standard InChI is InChI=1S/C15H14ClFN2O/c16-13-3-1-2-10(6-13)8-19-9-12-7-11(15(18)20)4-5-14(12)17/h1-7,19H,8-9H2,(H2,18,20). The quantitative estimate of drug-likeness (QED) is 0.890. The van der Waals surface area contributed by atoms with Crippen molar-refractivity contribution in [2.45, 2.75) is 13.1 Å². The molecule has 3 N–H and O–H groups in total. The van der Waals surface area contributed by atoms with Crippen molar-refractivity contribution >= 4 is 17.5 Å². The molecule has 0 unspecified atom stereocenters. The van der Waals surface area contributed by atoms with Crippen molar-refractivity contribution < 1.29 is 9.18 Å². The lowest BCUT2D eigenvalue weighted by atomic mass is 10.1. The Morgan fingerprint density at radius 3 is 2.70 bits per heavy atom. The first kappa shape index (κ1) is 14.5. The second kappa shape index (κ2) is 6.50. The zero-order valence-electron chi connectivity index (χ0n) is 10.7. The minimum absolute atomic E-state index is 0.297. The number of hydrogen-bond donors (Lipinski definition) is 2. The van der Waals surface area contributed by atoms with Crippen LogP contribution < -0.4 is 11.1 Å². The van der Waals surface area contributed by atoms with E-state index in [1.165, 1.54) is 18.2 Å². The molecule has 1 amide bonds. The fourth-order valence-corrected chi connectivity index (χ4v) is 2.06. The van der Waals surface area contributed by atoms with E-state index in [0.29, 0.717) is 29.2 Å². The molecule has 0 aliphatic rings. The summed E-state index contributed by atoms with van der Waals surface area (Å²) in [5.74, 6) is -0.935. The molecule has 0 aliphatic heterocycles. The van der Waals surface area contributed by atoms with Crippen molar-refractivity contribution in [3.05, 3.63) is 70.0 Å². The lowest BCUT2D eigenvalue weighted by Crippen LogP contribution is -2.16. The summed E-state index contributed by atoms with van der Waals surface area (Å²) in [7, 11) is 0. The summed E-state index contributed by atoms with van der Waals surface area (Å²) in [5, 5.41) is 3.76. The maximum atomic E-state index is 13.6. The Hall–Kier alpha value is -1.91. The van der Waals surface area contributed by atoms with Gasteiger partial charge in [0.15, 0.2) is 0 Å². The largest absolute Gasteiger partial charge is 0.366 e. The van der Waals surface area contributed by atoms with Crippen molar-refractivity contribution in [3.63, 3.8) is 0 Å². The number of nitrogens with two attached hydrogens (primary N) is 1. The van der Waals surface area contributed by atoms with Gasteiger partial charge in [0.25, 0.3) is 0 Å². The van der Waals surface area contributed by atoms with Crippen molar-refractivity contribution in [1.82, 2.24) is 5.32 Å². The Morgan fingerprint density at radius 2 is 2.00 bits per heavy atom. The molecule has 0 spiro atoms. The van der Waals surface area contributed by atoms with Crippen LogP contribution >= 0.6 is 11.6 Å². The molecule has 0 aliphatic carbocycles. The van der Waals surface area contributed by atoms with Crippen LogP contribution in [0.15, 0.2) is 42.5 Å². The summed E-state index contributed by atoms with van der Waals surface area (Å²) >= 11 is 5.88. The molecule has 2 aromatic carbocycles. The molecular formula is C15H14ClFN2O. The first-order valence-electron chi connectivity index (χ1n) is 6.09. The molecule has 0 saturated carbocycles. The van der Waals surface area contributed by atoms with Gasteiger partial charge in [0.05, 0.1) is 0 Å². The second-order valence-corrected chi connectivity index (χ2v) is 4.84. The summed E-state index contributed by atoms with van der Waals surface area (Å²) in [5.41, 5.74) is 6.88. The Labute approximate surface area is 121 Å². The Balaban J connectivity index is 2.00. The Kier molecular flexibility index (Phi) is 4.71. The van der Waals surface area contributed by atoms with E-state index >= 15 is 0 Å². The molecule has 0 aromatic heterocycles. The molecule has 3 nitrogen and oxygen atoms in total. The average molecular weight is 293 g/mol. The van der Waals surface area contributed by atoms with E-state index in [-0.39, 0.29) is 5.82 Å². The average Bonchev–Trinajstić information content (AvgIpc) is 2.40. The number of hydrogen-bond acceptors (Lipinski definition) is 2. The second-order valence-electron chi connectivity index (χ2n) is 4.40. The lowest BCUT2D eigenvalue weighted by molar-refractivity contribution is 0.1000. The molecule has 2 rings (SSSR count). The van der Waals surface area contributed by atoms with E-state index in [9.17, 15) is 9.18 Å². The van der Waals surface area contributed by atoms with Crippen molar-refractivity contribution in [3.8, 4) is 0 Å². The van der Waals surface area contributed by atoms with Gasteiger partial charge >= 0.3 is 0 Å². The predicted octanol–water partition coefficient (Wildman–Crippen LogP) is 2.87. The smallest absolute Gasteiger partial charge is 0.248 e. The Morgan fingerprint density at radius 1 is 1.20 bits per heavy atom. The summed E-state index contributed by atoms with van der Waals surface area (Å²) in [6.07, 6.45) is 0. The highest BCUT2D eigenvalue weighted by Gasteiger charge is 2.06. The van der Waals surface area contributed by atoms with Crippen LogP contribution in [0.5, 0.6) is 0 Å². The minimum atomic E-state index is -0.568. The van der Waals surface area contributed by atoms with Crippen LogP contribution in [-0.4, -0.2) is 5.91 Å². The number of rotatable bonds is 5. The van der Waals surface area contributed by atoms with Gasteiger partial charge in [-0.3, -0.25) is 4.79 Å². The summed E-state index contributed by atoms with van der Waals surface area (Å²) in [4.78, 5) is 11.1. The third-order valence-electron chi connectivity index (χ3n) is 2.86. The summed E-state index contributed by atoms with van der Waals surface area (Å²) in [6, 6.07) is 11.5. The van der Waals surface area contributed by atoms with Crippen LogP contribution in [-0.2, 0) is 13.1 Å². The molecule has 0 saturated heterocycles. The molecule has 104 valence electrons. The van der Waals surface area contributed by atoms with Crippen LogP contribution in [0.3, 0.4) is 0 Å². The van der Waals surface area contributed by atoms with Gasteiger partial charge in [0, 0.05) is 29.2 Å². The van der Waals surface area contributed by atoms with E-state index in [1.54, 1.807) is 6.07 Å². The number of halogens is 2. The minimum Gasteiger partial charge on any atom is -0.366 e. The topological polar surface area (TPSA) is 55.1 Å². The molecule has 2 aromatic rings. The van der Waals surface area contributed by atoms with Crippen molar-refractivity contribution in [1.29, 1.82) is 0 Å². The number of carbonyl (C=O) groups is 1. The highest BCUT2D eigenvalue weighted by Crippen LogP contribution is 2.12. The third-order valence-corrected chi connectivity index (χ3v) is 3.10. The van der Waals surface area contributed by atoms with Crippen LogP contribution in [0.1, 0.15) is 21.5 Å². The molecular weight excluding hydrogens is 279 g/mol. The van der Waals surface area contributed by atoms with Gasteiger partial charge in [-0.1, -0.05) is 23.7 Å². The molecule has 0 heterocycles. The highest BCUT2D eigenvalue weighted by molar-refractivity contribution is 6.30. The molecule has 0 atom stereocenters. The van der Waals surface area contributed by atoms with E-state index < -0.39 is 5.91 Å². The molecule has 20 heavy (non-hydrogen) atoms. The molecule has 0 fully saturated rings. The Bertz CT molecular complexity index is 631. The van der Waals surface area contributed by atoms with E-state index in [0.717, 1.165) is 5.56 Å². The lowest BCUT2D eigenvalue weighted by Gasteiger charge is -2.08. The van der Waals surface area contributed by atoms with Crippen molar-refractivity contribution in [2.24, 2.45) is 5.73 Å². The van der Waals surface area contributed by atoms with Crippen LogP contribution in [0.4, 0.5) is 4.39 Å². The van der Waals surface area contributed by atoms with Crippen LogP contribution in [0, 0.1) is 5.82 Å². The monoisotopic (exact) mass is 292 g/mol. The zero-order chi connectivity index (χ0) is 14.5. The number of amides is 1. The first-order valence-corrected chi connectivity index (χ1v) is 6.47. The maximum Gasteiger partial charge on any atom is 0.248 e. The van der Waals surface area contributed by atoms with E-state index in [1.807, 2.05) is 18.2 Å². The van der Waals surface area contributed by atoms with E-state index in [4.69, 9.17) is 17.3 Å². The normalized spacial score (nSPS) is 10.5. The maximum absolute atomic E-state index is 13.6. The van der Waals surface area contributed by atoms with Gasteiger partial charge < -0.3 is 11.1 Å². The highest BCUT2D eigenvalue weighted by atomic mass is 35.5. The third kappa shape index (κ3) is 3.79. The number of carbonyl (C=O) groups excluding carboxylic acids is 1. The van der Waals surface area contributed by atoms with Gasteiger partial charge in [-0.25, -0.2) is 4.39 Å². The zero-order valence-corrected chi connectivity index (χ0v) is 11.5. The fourth-order valence-electron chi connectivity index (χ4n) is 1.85. The molecule has 5 heteroatoms. The number of benzene rings is 2. The SMILES string of the molecule is NC(=O)c1ccc(F)c(CNCc2cccc(Cl)c2)c1. The molecule has 0 radical (unpaired) electrons.